The molecule has 7 rings (SSSR count). The first-order valence-electron chi connectivity index (χ1n) is 18.1. The number of hydrogen-bond acceptors (Lipinski definition) is 8. The number of ether oxygens (including phenoxy) is 2. The van der Waals surface area contributed by atoms with Crippen LogP contribution in [0.3, 0.4) is 0 Å². The number of oxazole rings is 1. The molecule has 3 saturated carbocycles. The van der Waals surface area contributed by atoms with Crippen molar-refractivity contribution in [2.75, 3.05) is 25.1 Å². The Morgan fingerprint density at radius 2 is 1.73 bits per heavy atom. The van der Waals surface area contributed by atoms with Crippen LogP contribution >= 0.6 is 0 Å². The number of β-amino-alcohol motifs (C(OH)–C–C–N with tert-alkyl or cyclic N) is 1. The van der Waals surface area contributed by atoms with E-state index in [9.17, 15) is 14.7 Å². The second-order valence-electron chi connectivity index (χ2n) is 15.3. The summed E-state index contributed by atoms with van der Waals surface area (Å²) in [5, 5.41) is 10.1. The lowest BCUT2D eigenvalue weighted by Gasteiger charge is -2.51. The number of aromatic nitrogens is 2. The molecule has 2 amide bonds. The van der Waals surface area contributed by atoms with Gasteiger partial charge in [-0.2, -0.15) is 0 Å². The molecule has 3 aliphatic carbocycles. The molecule has 1 unspecified atom stereocenters. The van der Waals surface area contributed by atoms with E-state index in [0.29, 0.717) is 62.3 Å². The maximum absolute atomic E-state index is 14.4. The van der Waals surface area contributed by atoms with Crippen LogP contribution in [0.5, 0.6) is 5.75 Å². The van der Waals surface area contributed by atoms with Crippen molar-refractivity contribution in [2.24, 2.45) is 11.8 Å². The minimum Gasteiger partial charge on any atom is -0.496 e. The van der Waals surface area contributed by atoms with Crippen molar-refractivity contribution >= 4 is 17.8 Å². The van der Waals surface area contributed by atoms with Crippen LogP contribution in [0.1, 0.15) is 107 Å². The van der Waals surface area contributed by atoms with E-state index in [2.05, 4.69) is 25.1 Å². The molecule has 0 radical (unpaired) electrons. The first kappa shape index (κ1) is 33.6. The lowest BCUT2D eigenvalue weighted by molar-refractivity contribution is -0.125. The normalized spacial score (nSPS) is 26.5. The fourth-order valence-electron chi connectivity index (χ4n) is 7.91. The maximum Gasteiger partial charge on any atom is 0.410 e. The number of amides is 2. The summed E-state index contributed by atoms with van der Waals surface area (Å²) in [6, 6.07) is 10.4. The van der Waals surface area contributed by atoms with Crippen LogP contribution in [0.2, 0.25) is 0 Å². The number of aliphatic hydroxyl groups excluding tert-OH is 1. The van der Waals surface area contributed by atoms with Crippen molar-refractivity contribution in [2.45, 2.75) is 115 Å². The fraction of sp³-hybridized carbons (Fsp3) is 0.590. The van der Waals surface area contributed by atoms with Crippen LogP contribution in [-0.2, 0) is 9.53 Å². The van der Waals surface area contributed by atoms with Gasteiger partial charge in [-0.25, -0.2) is 14.8 Å². The van der Waals surface area contributed by atoms with Gasteiger partial charge < -0.3 is 19.0 Å². The van der Waals surface area contributed by atoms with E-state index in [-0.39, 0.29) is 24.0 Å². The van der Waals surface area contributed by atoms with E-state index >= 15 is 0 Å². The molecule has 49 heavy (non-hydrogen) atoms. The molecule has 4 fully saturated rings. The number of hydrogen-bond donors (Lipinski definition) is 1. The van der Waals surface area contributed by atoms with E-state index in [1.807, 2.05) is 30.9 Å². The van der Waals surface area contributed by atoms with E-state index in [0.717, 1.165) is 67.0 Å². The molecular weight excluding hydrogens is 620 g/mol. The van der Waals surface area contributed by atoms with Gasteiger partial charge in [-0.1, -0.05) is 12.1 Å². The molecule has 1 atom stereocenters. The predicted molar refractivity (Wildman–Crippen MR) is 186 cm³/mol. The average Bonchev–Trinajstić information content (AvgIpc) is 3.85. The number of pyridine rings is 1. The van der Waals surface area contributed by atoms with Gasteiger partial charge in [-0.15, -0.1) is 0 Å². The molecule has 1 N–H and O–H groups in total. The molecule has 1 aromatic carbocycles. The van der Waals surface area contributed by atoms with E-state index in [4.69, 9.17) is 23.9 Å². The average molecular weight is 671 g/mol. The van der Waals surface area contributed by atoms with Crippen LogP contribution in [0.15, 0.2) is 47.2 Å². The third-order valence-electron chi connectivity index (χ3n) is 11.6. The molecule has 0 bridgehead atoms. The summed E-state index contributed by atoms with van der Waals surface area (Å²) in [5.41, 5.74) is 3.57. The first-order valence-corrected chi connectivity index (χ1v) is 18.1. The number of nitrogens with zero attached hydrogens (tertiary/aromatic N) is 4. The van der Waals surface area contributed by atoms with Crippen LogP contribution in [0, 0.1) is 18.8 Å². The van der Waals surface area contributed by atoms with E-state index in [1.54, 1.807) is 24.5 Å². The van der Waals surface area contributed by atoms with Crippen molar-refractivity contribution in [3.63, 3.8) is 0 Å². The molecule has 3 aromatic rings. The SMILES string of the molecule is COc1ccc(C2CCC(CN(C(=O)C3CCC(OC(=O)N4CC(O)C4(C)C)CC3)c3cc(-c4coc(C5CC5)n4)ccn3)CC2)cc1C. The summed E-state index contributed by atoms with van der Waals surface area (Å²) in [7, 11) is 1.71. The minimum absolute atomic E-state index is 0.0909. The second kappa shape index (κ2) is 13.8. The third-order valence-corrected chi connectivity index (χ3v) is 11.6. The summed E-state index contributed by atoms with van der Waals surface area (Å²) in [4.78, 5) is 40.2. The highest BCUT2D eigenvalue weighted by Crippen LogP contribution is 2.41. The Balaban J connectivity index is 1.04. The molecule has 0 spiro atoms. The first-order chi connectivity index (χ1) is 23.6. The summed E-state index contributed by atoms with van der Waals surface area (Å²) in [5.74, 6) is 3.57. The molecule has 1 saturated heterocycles. The van der Waals surface area contributed by atoms with Gasteiger partial charge in [0, 0.05) is 30.1 Å². The van der Waals surface area contributed by atoms with Crippen LogP contribution in [-0.4, -0.2) is 69.9 Å². The zero-order valence-corrected chi connectivity index (χ0v) is 29.3. The van der Waals surface area contributed by atoms with E-state index < -0.39 is 11.6 Å². The summed E-state index contributed by atoms with van der Waals surface area (Å²) < 4.78 is 17.1. The van der Waals surface area contributed by atoms with Crippen molar-refractivity contribution < 1.29 is 28.6 Å². The van der Waals surface area contributed by atoms with Crippen LogP contribution < -0.4 is 9.64 Å². The van der Waals surface area contributed by atoms with Crippen LogP contribution in [0.4, 0.5) is 10.6 Å². The Bertz CT molecular complexity index is 1650. The number of benzene rings is 1. The number of methoxy groups -OCH3 is 1. The van der Waals surface area contributed by atoms with Crippen LogP contribution in [0.25, 0.3) is 11.3 Å². The smallest absolute Gasteiger partial charge is 0.410 e. The second-order valence-corrected chi connectivity index (χ2v) is 15.3. The zero-order chi connectivity index (χ0) is 34.3. The summed E-state index contributed by atoms with van der Waals surface area (Å²) in [6.45, 7) is 6.70. The van der Waals surface area contributed by atoms with Gasteiger partial charge in [0.2, 0.25) is 5.91 Å². The summed E-state index contributed by atoms with van der Waals surface area (Å²) >= 11 is 0. The van der Waals surface area contributed by atoms with Gasteiger partial charge in [0.1, 0.15) is 29.6 Å². The monoisotopic (exact) mass is 670 g/mol. The highest BCUT2D eigenvalue weighted by molar-refractivity contribution is 5.94. The van der Waals surface area contributed by atoms with Gasteiger partial charge in [0.05, 0.1) is 25.3 Å². The van der Waals surface area contributed by atoms with Gasteiger partial charge in [-0.3, -0.25) is 14.6 Å². The Kier molecular flexibility index (Phi) is 9.43. The van der Waals surface area contributed by atoms with Gasteiger partial charge in [0.25, 0.3) is 0 Å². The van der Waals surface area contributed by atoms with Crippen molar-refractivity contribution in [1.29, 1.82) is 0 Å². The number of anilines is 1. The number of aliphatic hydroxyl groups is 1. The van der Waals surface area contributed by atoms with Crippen molar-refractivity contribution in [3.8, 4) is 17.0 Å². The lowest BCUT2D eigenvalue weighted by Crippen LogP contribution is -2.69. The minimum atomic E-state index is -0.621. The quantitative estimate of drug-likeness (QED) is 0.251. The Morgan fingerprint density at radius 3 is 2.39 bits per heavy atom. The molecule has 3 heterocycles. The maximum atomic E-state index is 14.4. The lowest BCUT2D eigenvalue weighted by atomic mass is 9.78. The number of aryl methyl sites for hydroxylation is 1. The molecular formula is C39H50N4O6. The fourth-order valence-corrected chi connectivity index (χ4v) is 7.91. The Hall–Kier alpha value is -3.92. The van der Waals surface area contributed by atoms with E-state index in [1.165, 1.54) is 5.56 Å². The number of likely N-dealkylation sites (tertiary alicyclic amines) is 1. The molecule has 4 aliphatic rings. The molecule has 10 heteroatoms. The largest absolute Gasteiger partial charge is 0.496 e. The zero-order valence-electron chi connectivity index (χ0n) is 29.3. The predicted octanol–water partition coefficient (Wildman–Crippen LogP) is 7.39. The molecule has 10 nitrogen and oxygen atoms in total. The van der Waals surface area contributed by atoms with Gasteiger partial charge >= 0.3 is 6.09 Å². The number of rotatable bonds is 9. The Labute approximate surface area is 289 Å². The third kappa shape index (κ3) is 7.07. The van der Waals surface area contributed by atoms with Crippen molar-refractivity contribution in [1.82, 2.24) is 14.9 Å². The number of carbonyl (C=O) groups excluding carboxylic acids is 2. The van der Waals surface area contributed by atoms with Gasteiger partial charge in [0.15, 0.2) is 5.89 Å². The number of carbonyl (C=O) groups is 2. The highest BCUT2D eigenvalue weighted by Gasteiger charge is 2.49. The highest BCUT2D eigenvalue weighted by atomic mass is 16.6. The Morgan fingerprint density at radius 1 is 1.00 bits per heavy atom. The van der Waals surface area contributed by atoms with Crippen molar-refractivity contribution in [3.05, 3.63) is 59.8 Å². The molecule has 2 aromatic heterocycles. The topological polar surface area (TPSA) is 118 Å². The standard InChI is InChI=1S/C39H50N4O6/c1-24-19-29(13-16-33(24)47-4)26-7-5-25(6-8-26)21-42(35-20-30(17-18-40-35)32-23-48-36(41-32)27-9-10-27)37(45)28-11-14-31(15-12-28)49-38(46)43-22-34(44)39(43,2)3/h13,16-20,23,25-28,31,34,44H,5-12,14-15,21-22H2,1-4H3. The summed E-state index contributed by atoms with van der Waals surface area (Å²) in [6.07, 6.45) is 11.4. The molecule has 262 valence electrons. The molecule has 1 aliphatic heterocycles. The van der Waals surface area contributed by atoms with Gasteiger partial charge in [-0.05, 0) is 126 Å².